The van der Waals surface area contributed by atoms with E-state index in [0.29, 0.717) is 17.3 Å². The quantitative estimate of drug-likeness (QED) is 0.505. The van der Waals surface area contributed by atoms with Gasteiger partial charge in [-0.05, 0) is 62.2 Å². The average molecular weight is 441 g/mol. The molecule has 2 aromatic carbocycles. The molecule has 0 amide bonds. The zero-order valence-electron chi connectivity index (χ0n) is 18.6. The van der Waals surface area contributed by atoms with Gasteiger partial charge < -0.3 is 14.9 Å². The number of aromatic nitrogens is 4. The highest BCUT2D eigenvalue weighted by molar-refractivity contribution is 5.77. The van der Waals surface area contributed by atoms with Gasteiger partial charge in [-0.15, -0.1) is 0 Å². The first-order valence-electron chi connectivity index (χ1n) is 11.8. The van der Waals surface area contributed by atoms with Crippen molar-refractivity contribution in [1.29, 1.82) is 0 Å². The molecule has 7 heteroatoms. The predicted octanol–water partition coefficient (Wildman–Crippen LogP) is 3.77. The van der Waals surface area contributed by atoms with Crippen LogP contribution < -0.4 is 10.5 Å². The summed E-state index contributed by atoms with van der Waals surface area (Å²) in [4.78, 5) is 32.9. The maximum Gasteiger partial charge on any atom is 0.258 e. The van der Waals surface area contributed by atoms with E-state index in [1.165, 1.54) is 5.69 Å². The Morgan fingerprint density at radius 3 is 2.55 bits per heavy atom. The van der Waals surface area contributed by atoms with Crippen molar-refractivity contribution in [3.8, 4) is 11.4 Å². The summed E-state index contributed by atoms with van der Waals surface area (Å²) in [6.07, 6.45) is 7.01. The fourth-order valence-electron chi connectivity index (χ4n) is 5.38. The lowest BCUT2D eigenvalue weighted by molar-refractivity contribution is 0.205. The van der Waals surface area contributed by atoms with Crippen LogP contribution in [0.15, 0.2) is 65.7 Å². The lowest BCUT2D eigenvalue weighted by Crippen LogP contribution is -2.44. The van der Waals surface area contributed by atoms with Gasteiger partial charge in [0.2, 0.25) is 0 Å². The molecular formula is C26H28N6O. The lowest BCUT2D eigenvalue weighted by atomic mass is 10.0. The summed E-state index contributed by atoms with van der Waals surface area (Å²) in [5.41, 5.74) is 3.16. The van der Waals surface area contributed by atoms with Gasteiger partial charge in [-0.2, -0.15) is 0 Å². The number of nitrogens with one attached hydrogen (secondary N) is 2. The zero-order valence-corrected chi connectivity index (χ0v) is 18.6. The number of rotatable bonds is 4. The molecule has 4 aromatic rings. The van der Waals surface area contributed by atoms with Crippen molar-refractivity contribution < 1.29 is 0 Å². The maximum atomic E-state index is 12.5. The Hall–Kier alpha value is -3.45. The maximum absolute atomic E-state index is 12.5. The molecule has 2 saturated heterocycles. The van der Waals surface area contributed by atoms with Crippen LogP contribution in [0.3, 0.4) is 0 Å². The monoisotopic (exact) mass is 440 g/mol. The summed E-state index contributed by atoms with van der Waals surface area (Å²) in [6.45, 7) is 4.18. The van der Waals surface area contributed by atoms with Crippen LogP contribution in [0.2, 0.25) is 0 Å². The van der Waals surface area contributed by atoms with E-state index in [9.17, 15) is 4.79 Å². The minimum absolute atomic E-state index is 0.0274. The fourth-order valence-corrected chi connectivity index (χ4v) is 5.38. The summed E-state index contributed by atoms with van der Waals surface area (Å²) < 4.78 is 0. The van der Waals surface area contributed by atoms with Gasteiger partial charge in [-0.3, -0.25) is 9.69 Å². The Balaban J connectivity index is 1.08. The Kier molecular flexibility index (Phi) is 5.19. The summed E-state index contributed by atoms with van der Waals surface area (Å²) >= 11 is 0. The third kappa shape index (κ3) is 3.93. The second kappa shape index (κ2) is 8.48. The minimum atomic E-state index is -0.0274. The number of anilines is 1. The van der Waals surface area contributed by atoms with Gasteiger partial charge in [-0.25, -0.2) is 9.97 Å². The molecule has 4 heterocycles. The number of H-pyrrole nitrogens is 2. The van der Waals surface area contributed by atoms with Gasteiger partial charge >= 0.3 is 0 Å². The van der Waals surface area contributed by atoms with Crippen LogP contribution in [0.25, 0.3) is 22.3 Å². The third-order valence-corrected chi connectivity index (χ3v) is 7.22. The molecular weight excluding hydrogens is 412 g/mol. The first-order valence-corrected chi connectivity index (χ1v) is 11.8. The number of hydrogen-bond donors (Lipinski definition) is 2. The van der Waals surface area contributed by atoms with Crippen LogP contribution in [0.5, 0.6) is 0 Å². The number of imidazole rings is 1. The van der Waals surface area contributed by atoms with E-state index in [1.807, 2.05) is 30.5 Å². The van der Waals surface area contributed by atoms with Crippen molar-refractivity contribution in [2.75, 3.05) is 31.1 Å². The van der Waals surface area contributed by atoms with E-state index in [0.717, 1.165) is 68.2 Å². The molecule has 33 heavy (non-hydrogen) atoms. The molecule has 2 fully saturated rings. The molecule has 6 rings (SSSR count). The number of nitrogens with zero attached hydrogens (tertiary/aromatic N) is 4. The number of benzene rings is 2. The summed E-state index contributed by atoms with van der Waals surface area (Å²) in [7, 11) is 0. The van der Waals surface area contributed by atoms with Crippen molar-refractivity contribution in [2.24, 2.45) is 0 Å². The van der Waals surface area contributed by atoms with E-state index >= 15 is 0 Å². The number of piperidine rings is 1. The lowest BCUT2D eigenvalue weighted by Gasteiger charge is -2.38. The van der Waals surface area contributed by atoms with Crippen molar-refractivity contribution in [1.82, 2.24) is 24.8 Å². The molecule has 0 bridgehead atoms. The van der Waals surface area contributed by atoms with Crippen molar-refractivity contribution >= 4 is 16.6 Å². The van der Waals surface area contributed by atoms with Crippen LogP contribution >= 0.6 is 0 Å². The van der Waals surface area contributed by atoms with Crippen LogP contribution in [0, 0.1) is 0 Å². The van der Waals surface area contributed by atoms with Gasteiger partial charge in [0.25, 0.3) is 5.56 Å². The summed E-state index contributed by atoms with van der Waals surface area (Å²) in [5, 5.41) is 0.667. The number of likely N-dealkylation sites (tertiary alicyclic amines) is 1. The highest BCUT2D eigenvalue weighted by Crippen LogP contribution is 2.31. The number of hydrogen-bond acceptors (Lipinski definition) is 5. The molecule has 1 atom stereocenters. The molecule has 2 aliphatic heterocycles. The van der Waals surface area contributed by atoms with E-state index < -0.39 is 0 Å². The first-order chi connectivity index (χ1) is 16.2. The SMILES string of the molecule is O=c1[nH]c(C2CCN(C3CCN(c4ccc(-c5ncc[nH]5)cc4)CC3)C2)nc2ccccc12. The zero-order chi connectivity index (χ0) is 22.2. The standard InChI is InChI=1S/C26H28N6O/c33-26-22-3-1-2-4-23(22)29-25(30-26)19-9-14-32(17-19)21-10-15-31(16-11-21)20-7-5-18(6-8-20)24-27-12-13-28-24/h1-8,12-13,19,21H,9-11,14-17H2,(H,27,28)(H,29,30,33). The first kappa shape index (κ1) is 20.2. The van der Waals surface area contributed by atoms with E-state index in [2.05, 4.69) is 49.0 Å². The molecule has 0 saturated carbocycles. The molecule has 7 nitrogen and oxygen atoms in total. The Morgan fingerprint density at radius 1 is 0.939 bits per heavy atom. The van der Waals surface area contributed by atoms with Crippen molar-refractivity contribution in [3.05, 3.63) is 77.1 Å². The van der Waals surface area contributed by atoms with Gasteiger partial charge in [0.1, 0.15) is 11.6 Å². The number of aromatic amines is 2. The second-order valence-electron chi connectivity index (χ2n) is 9.15. The summed E-state index contributed by atoms with van der Waals surface area (Å²) in [5.74, 6) is 2.05. The molecule has 0 radical (unpaired) electrons. The van der Waals surface area contributed by atoms with Gasteiger partial charge in [0.05, 0.1) is 10.9 Å². The van der Waals surface area contributed by atoms with Gasteiger partial charge in [0, 0.05) is 55.2 Å². The number of para-hydroxylation sites is 1. The molecule has 2 N–H and O–H groups in total. The van der Waals surface area contributed by atoms with Crippen molar-refractivity contribution in [2.45, 2.75) is 31.2 Å². The minimum Gasteiger partial charge on any atom is -0.371 e. The van der Waals surface area contributed by atoms with E-state index in [4.69, 9.17) is 4.98 Å². The van der Waals surface area contributed by atoms with E-state index in [1.54, 1.807) is 6.20 Å². The number of fused-ring (bicyclic) bond motifs is 1. The Bertz CT molecular complexity index is 1290. The van der Waals surface area contributed by atoms with Gasteiger partial charge in [0.15, 0.2) is 0 Å². The molecule has 0 spiro atoms. The Labute approximate surface area is 192 Å². The normalized spacial score (nSPS) is 20.0. The largest absolute Gasteiger partial charge is 0.371 e. The third-order valence-electron chi connectivity index (χ3n) is 7.22. The second-order valence-corrected chi connectivity index (χ2v) is 9.15. The average Bonchev–Trinajstić information content (AvgIpc) is 3.57. The van der Waals surface area contributed by atoms with Crippen LogP contribution in [0.1, 0.15) is 31.0 Å². The topological polar surface area (TPSA) is 80.9 Å². The molecule has 1 unspecified atom stereocenters. The predicted molar refractivity (Wildman–Crippen MR) is 131 cm³/mol. The molecule has 2 aliphatic rings. The highest BCUT2D eigenvalue weighted by Gasteiger charge is 2.32. The Morgan fingerprint density at radius 2 is 1.76 bits per heavy atom. The molecule has 168 valence electrons. The smallest absolute Gasteiger partial charge is 0.258 e. The van der Waals surface area contributed by atoms with Crippen LogP contribution in [-0.2, 0) is 0 Å². The highest BCUT2D eigenvalue weighted by atomic mass is 16.1. The van der Waals surface area contributed by atoms with Gasteiger partial charge in [-0.1, -0.05) is 12.1 Å². The fraction of sp³-hybridized carbons (Fsp3) is 0.346. The van der Waals surface area contributed by atoms with Crippen LogP contribution in [0.4, 0.5) is 5.69 Å². The molecule has 0 aliphatic carbocycles. The summed E-state index contributed by atoms with van der Waals surface area (Å²) in [6, 6.07) is 16.9. The van der Waals surface area contributed by atoms with E-state index in [-0.39, 0.29) is 5.56 Å². The van der Waals surface area contributed by atoms with Crippen molar-refractivity contribution in [3.63, 3.8) is 0 Å². The molecule has 2 aromatic heterocycles. The van der Waals surface area contributed by atoms with Crippen LogP contribution in [-0.4, -0.2) is 57.1 Å².